The zero-order valence-corrected chi connectivity index (χ0v) is 6.91. The van der Waals surface area contributed by atoms with E-state index >= 15 is 0 Å². The van der Waals surface area contributed by atoms with Gasteiger partial charge in [-0.2, -0.15) is 0 Å². The molecule has 0 spiro atoms. The molecule has 0 amide bonds. The first-order valence-electron chi connectivity index (χ1n) is 4.06. The molecule has 0 bridgehead atoms. The van der Waals surface area contributed by atoms with Gasteiger partial charge in [-0.15, -0.1) is 0 Å². The van der Waals surface area contributed by atoms with E-state index in [-0.39, 0.29) is 0 Å². The van der Waals surface area contributed by atoms with Crippen LogP contribution in [0.1, 0.15) is 32.6 Å². The van der Waals surface area contributed by atoms with E-state index in [1.165, 1.54) is 18.1 Å². The second-order valence-electron chi connectivity index (χ2n) is 3.33. The van der Waals surface area contributed by atoms with Crippen molar-refractivity contribution in [2.24, 2.45) is 0 Å². The molecule has 2 aliphatic heterocycles. The molecule has 0 N–H and O–H groups in total. The summed E-state index contributed by atoms with van der Waals surface area (Å²) in [6.45, 7) is 2.45. The molecule has 2 saturated heterocycles. The fraction of sp³-hybridized carbons (Fsp3) is 1.00. The molecule has 0 aromatic carbocycles. The van der Waals surface area contributed by atoms with Crippen LogP contribution in [0.5, 0.6) is 0 Å². The summed E-state index contributed by atoms with van der Waals surface area (Å²) in [5, 5.41) is 2.28. The van der Waals surface area contributed by atoms with Gasteiger partial charge in [-0.3, -0.25) is 0 Å². The van der Waals surface area contributed by atoms with Crippen LogP contribution in [0.15, 0.2) is 0 Å². The quantitative estimate of drug-likeness (QED) is 0.455. The summed E-state index contributed by atoms with van der Waals surface area (Å²) in [6, 6.07) is 0. The maximum Gasteiger partial charge on any atom is 0.118 e. The highest BCUT2D eigenvalue weighted by Gasteiger charge is 2.45. The van der Waals surface area contributed by atoms with Gasteiger partial charge in [-0.1, -0.05) is 0 Å². The summed E-state index contributed by atoms with van der Waals surface area (Å²) in [5.74, 6) is 1.58. The van der Waals surface area contributed by atoms with Gasteiger partial charge in [0, 0.05) is 0 Å². The fourth-order valence-electron chi connectivity index (χ4n) is 2.19. The summed E-state index contributed by atoms with van der Waals surface area (Å²) >= 11 is 0. The maximum absolute atomic E-state index is 2.45. The highest BCUT2D eigenvalue weighted by molar-refractivity contribution is 7.98. The SMILES string of the molecule is C[C@H]1CC[C@H]2CCC[S+]21. The summed E-state index contributed by atoms with van der Waals surface area (Å²) in [4.78, 5) is 0. The number of hydrogen-bond donors (Lipinski definition) is 0. The molecule has 0 saturated carbocycles. The lowest BCUT2D eigenvalue weighted by molar-refractivity contribution is 0.697. The lowest BCUT2D eigenvalue weighted by atomic mass is 10.1. The molecule has 0 aromatic heterocycles. The number of fused-ring (bicyclic) bond motifs is 1. The molecule has 0 aromatic rings. The first-order valence-corrected chi connectivity index (χ1v) is 5.58. The van der Waals surface area contributed by atoms with Crippen LogP contribution in [-0.4, -0.2) is 16.3 Å². The Hall–Kier alpha value is 0.350. The van der Waals surface area contributed by atoms with Crippen molar-refractivity contribution in [3.8, 4) is 0 Å². The predicted octanol–water partition coefficient (Wildman–Crippen LogP) is 1.95. The Kier molecular flexibility index (Phi) is 1.48. The van der Waals surface area contributed by atoms with Gasteiger partial charge >= 0.3 is 0 Å². The van der Waals surface area contributed by atoms with Gasteiger partial charge in [0.05, 0.1) is 0 Å². The van der Waals surface area contributed by atoms with Crippen molar-refractivity contribution in [1.82, 2.24) is 0 Å². The minimum atomic E-state index is 0.887. The van der Waals surface area contributed by atoms with E-state index in [1.807, 2.05) is 0 Å². The molecule has 2 fully saturated rings. The molecule has 0 nitrogen and oxygen atoms in total. The third-order valence-electron chi connectivity index (χ3n) is 2.75. The van der Waals surface area contributed by atoms with Gasteiger partial charge < -0.3 is 0 Å². The summed E-state index contributed by atoms with van der Waals surface area (Å²) in [5.41, 5.74) is 0. The topological polar surface area (TPSA) is 0 Å². The molecule has 1 unspecified atom stereocenters. The second-order valence-corrected chi connectivity index (χ2v) is 6.14. The highest BCUT2D eigenvalue weighted by Crippen LogP contribution is 2.37. The maximum atomic E-state index is 2.45. The second kappa shape index (κ2) is 2.19. The largest absolute Gasteiger partial charge is 0.118 e. The standard InChI is InChI=1S/C8H15S/c1-7-4-5-8-3-2-6-9(7)8/h7-8H,2-6H2,1H3/q+1/t7-,8+,9?/m0/s1. The van der Waals surface area contributed by atoms with Gasteiger partial charge in [-0.05, 0) is 43.5 Å². The zero-order chi connectivity index (χ0) is 6.27. The first-order chi connectivity index (χ1) is 4.38. The zero-order valence-electron chi connectivity index (χ0n) is 6.10. The van der Waals surface area contributed by atoms with Crippen LogP contribution >= 0.6 is 0 Å². The van der Waals surface area contributed by atoms with Crippen molar-refractivity contribution in [3.63, 3.8) is 0 Å². The van der Waals surface area contributed by atoms with Crippen LogP contribution in [0, 0.1) is 0 Å². The Bertz CT molecular complexity index is 111. The lowest BCUT2D eigenvalue weighted by Gasteiger charge is -2.02. The minimum absolute atomic E-state index is 0.887. The number of hydrogen-bond acceptors (Lipinski definition) is 0. The molecule has 2 aliphatic rings. The molecule has 52 valence electrons. The van der Waals surface area contributed by atoms with Crippen molar-refractivity contribution < 1.29 is 0 Å². The molecule has 2 rings (SSSR count). The van der Waals surface area contributed by atoms with Crippen LogP contribution in [-0.2, 0) is 10.9 Å². The molecule has 9 heavy (non-hydrogen) atoms. The lowest BCUT2D eigenvalue weighted by Crippen LogP contribution is -2.16. The third-order valence-corrected chi connectivity index (χ3v) is 6.10. The molecule has 0 radical (unpaired) electrons. The van der Waals surface area contributed by atoms with Gasteiger partial charge in [0.1, 0.15) is 16.3 Å². The Balaban J connectivity index is 2.07. The first kappa shape index (κ1) is 6.09. The van der Waals surface area contributed by atoms with Crippen molar-refractivity contribution in [3.05, 3.63) is 0 Å². The van der Waals surface area contributed by atoms with E-state index in [0.29, 0.717) is 0 Å². The average Bonchev–Trinajstić information content (AvgIpc) is 2.35. The van der Waals surface area contributed by atoms with Crippen LogP contribution in [0.4, 0.5) is 0 Å². The van der Waals surface area contributed by atoms with E-state index in [2.05, 4.69) is 6.92 Å². The Morgan fingerprint density at radius 3 is 2.89 bits per heavy atom. The van der Waals surface area contributed by atoms with Crippen molar-refractivity contribution >= 4 is 10.9 Å². The Labute approximate surface area is 60.4 Å². The molecular formula is C8H15S+. The smallest absolute Gasteiger partial charge is 0.0169 e. The molecule has 1 heteroatoms. The average molecular weight is 143 g/mol. The molecule has 2 heterocycles. The van der Waals surface area contributed by atoms with Gasteiger partial charge in [0.2, 0.25) is 0 Å². The van der Waals surface area contributed by atoms with E-state index in [1.54, 1.807) is 18.6 Å². The summed E-state index contributed by atoms with van der Waals surface area (Å²) in [7, 11) is 0.887. The molecule has 0 aliphatic carbocycles. The monoisotopic (exact) mass is 143 g/mol. The van der Waals surface area contributed by atoms with E-state index in [4.69, 9.17) is 0 Å². The van der Waals surface area contributed by atoms with E-state index < -0.39 is 0 Å². The Morgan fingerprint density at radius 2 is 2.11 bits per heavy atom. The molecular weight excluding hydrogens is 128 g/mol. The Morgan fingerprint density at radius 1 is 1.22 bits per heavy atom. The highest BCUT2D eigenvalue weighted by atomic mass is 32.2. The minimum Gasteiger partial charge on any atom is -0.0169 e. The van der Waals surface area contributed by atoms with Gasteiger partial charge in [-0.25, -0.2) is 0 Å². The van der Waals surface area contributed by atoms with Gasteiger partial charge in [0.25, 0.3) is 0 Å². The fourth-order valence-corrected chi connectivity index (χ4v) is 5.43. The third kappa shape index (κ3) is 0.899. The van der Waals surface area contributed by atoms with Crippen molar-refractivity contribution in [2.75, 3.05) is 5.75 Å². The van der Waals surface area contributed by atoms with Crippen LogP contribution in [0.2, 0.25) is 0 Å². The number of rotatable bonds is 0. The van der Waals surface area contributed by atoms with Crippen molar-refractivity contribution in [1.29, 1.82) is 0 Å². The molecule has 3 atom stereocenters. The summed E-state index contributed by atoms with van der Waals surface area (Å²) < 4.78 is 0. The normalized spacial score (nSPS) is 49.7. The van der Waals surface area contributed by atoms with Crippen LogP contribution in [0.3, 0.4) is 0 Å². The van der Waals surface area contributed by atoms with Crippen LogP contribution < -0.4 is 0 Å². The van der Waals surface area contributed by atoms with Crippen LogP contribution in [0.25, 0.3) is 0 Å². The van der Waals surface area contributed by atoms with Crippen molar-refractivity contribution in [2.45, 2.75) is 43.1 Å². The predicted molar refractivity (Wildman–Crippen MR) is 44.0 cm³/mol. The summed E-state index contributed by atoms with van der Waals surface area (Å²) in [6.07, 6.45) is 6.20. The van der Waals surface area contributed by atoms with E-state index in [9.17, 15) is 0 Å². The van der Waals surface area contributed by atoms with E-state index in [0.717, 1.165) is 16.1 Å². The van der Waals surface area contributed by atoms with Gasteiger partial charge in [0.15, 0.2) is 0 Å².